The second-order valence-corrected chi connectivity index (χ2v) is 6.72. The van der Waals surface area contributed by atoms with Crippen LogP contribution in [0.15, 0.2) is 40.6 Å². The minimum Gasteiger partial charge on any atom is -0.469 e. The zero-order valence-corrected chi connectivity index (χ0v) is 15.1. The van der Waals surface area contributed by atoms with Crippen molar-refractivity contribution in [3.63, 3.8) is 0 Å². The van der Waals surface area contributed by atoms with Crippen molar-refractivity contribution in [3.8, 4) is 0 Å². The maximum absolute atomic E-state index is 12.4. The first kappa shape index (κ1) is 17.6. The van der Waals surface area contributed by atoms with Gasteiger partial charge in [0, 0.05) is 25.4 Å². The minimum absolute atomic E-state index is 0.0954. The van der Waals surface area contributed by atoms with Crippen LogP contribution in [0.25, 0.3) is 0 Å². The van der Waals surface area contributed by atoms with Gasteiger partial charge in [0.2, 0.25) is 5.91 Å². The molecule has 2 aromatic heterocycles. The number of amides is 2. The molecule has 8 heteroatoms. The molecule has 1 N–H and O–H groups in total. The summed E-state index contributed by atoms with van der Waals surface area (Å²) in [7, 11) is 0. The van der Waals surface area contributed by atoms with E-state index in [4.69, 9.17) is 16.0 Å². The van der Waals surface area contributed by atoms with Crippen LogP contribution < -0.4 is 10.2 Å². The Hall–Kier alpha value is -2.25. The SMILES string of the molecule is Cc1ccoc1CCNC(=O)c1cc(N2C=CSCC2=O)ncc1Cl. The van der Waals surface area contributed by atoms with Crippen molar-refractivity contribution in [2.24, 2.45) is 0 Å². The van der Waals surface area contributed by atoms with E-state index in [0.29, 0.717) is 24.5 Å². The molecule has 0 unspecified atom stereocenters. The number of pyridine rings is 1. The van der Waals surface area contributed by atoms with Crippen molar-refractivity contribution in [2.75, 3.05) is 17.2 Å². The molecule has 0 atom stereocenters. The summed E-state index contributed by atoms with van der Waals surface area (Å²) in [4.78, 5) is 29.9. The highest BCUT2D eigenvalue weighted by atomic mass is 35.5. The van der Waals surface area contributed by atoms with E-state index in [0.717, 1.165) is 11.3 Å². The molecule has 3 rings (SSSR count). The molecule has 0 saturated carbocycles. The zero-order valence-electron chi connectivity index (χ0n) is 13.5. The summed E-state index contributed by atoms with van der Waals surface area (Å²) in [5.41, 5.74) is 1.33. The highest BCUT2D eigenvalue weighted by Gasteiger charge is 2.20. The van der Waals surface area contributed by atoms with Crippen molar-refractivity contribution in [1.29, 1.82) is 0 Å². The first-order valence-corrected chi connectivity index (χ1v) is 9.06. The molecule has 3 heterocycles. The zero-order chi connectivity index (χ0) is 17.8. The van der Waals surface area contributed by atoms with Gasteiger partial charge < -0.3 is 9.73 Å². The third-order valence-corrected chi connectivity index (χ3v) is 4.75. The molecule has 0 saturated heterocycles. The molecule has 0 radical (unpaired) electrons. The molecule has 0 aromatic carbocycles. The number of halogens is 1. The molecular formula is C17H16ClN3O3S. The number of aryl methyl sites for hydroxylation is 1. The van der Waals surface area contributed by atoms with Crippen LogP contribution >= 0.6 is 23.4 Å². The summed E-state index contributed by atoms with van der Waals surface area (Å²) in [6.07, 6.45) is 5.23. The van der Waals surface area contributed by atoms with Crippen LogP contribution in [0, 0.1) is 6.92 Å². The lowest BCUT2D eigenvalue weighted by molar-refractivity contribution is -0.115. The van der Waals surface area contributed by atoms with Gasteiger partial charge in [0.15, 0.2) is 0 Å². The van der Waals surface area contributed by atoms with Crippen LogP contribution in [0.3, 0.4) is 0 Å². The van der Waals surface area contributed by atoms with E-state index in [9.17, 15) is 9.59 Å². The summed E-state index contributed by atoms with van der Waals surface area (Å²) in [5, 5.41) is 4.85. The number of anilines is 1. The van der Waals surface area contributed by atoms with Crippen LogP contribution in [0.5, 0.6) is 0 Å². The Kier molecular flexibility index (Phi) is 5.45. The molecule has 1 aliphatic heterocycles. The molecule has 0 fully saturated rings. The van der Waals surface area contributed by atoms with Gasteiger partial charge >= 0.3 is 0 Å². The summed E-state index contributed by atoms with van der Waals surface area (Å²) in [6.45, 7) is 2.37. The van der Waals surface area contributed by atoms with Crippen molar-refractivity contribution in [1.82, 2.24) is 10.3 Å². The van der Waals surface area contributed by atoms with E-state index in [1.165, 1.54) is 28.9 Å². The lowest BCUT2D eigenvalue weighted by Crippen LogP contribution is -2.30. The van der Waals surface area contributed by atoms with Gasteiger partial charge in [0.05, 0.1) is 22.6 Å². The Morgan fingerprint density at radius 3 is 3.08 bits per heavy atom. The van der Waals surface area contributed by atoms with Gasteiger partial charge in [-0.25, -0.2) is 4.98 Å². The third kappa shape index (κ3) is 4.05. The molecule has 130 valence electrons. The Bertz CT molecular complexity index is 834. The van der Waals surface area contributed by atoms with Crippen LogP contribution in [-0.2, 0) is 11.2 Å². The second-order valence-electron chi connectivity index (χ2n) is 5.41. The summed E-state index contributed by atoms with van der Waals surface area (Å²) in [5.74, 6) is 1.13. The van der Waals surface area contributed by atoms with Crippen LogP contribution in [-0.4, -0.2) is 29.1 Å². The monoisotopic (exact) mass is 377 g/mol. The quantitative estimate of drug-likeness (QED) is 0.866. The lowest BCUT2D eigenvalue weighted by atomic mass is 10.2. The number of nitrogens with zero attached hydrogens (tertiary/aromatic N) is 2. The van der Waals surface area contributed by atoms with Crippen molar-refractivity contribution in [3.05, 3.63) is 58.1 Å². The van der Waals surface area contributed by atoms with Crippen molar-refractivity contribution in [2.45, 2.75) is 13.3 Å². The first-order valence-electron chi connectivity index (χ1n) is 7.63. The maximum atomic E-state index is 12.4. The van der Waals surface area contributed by atoms with Crippen molar-refractivity contribution < 1.29 is 14.0 Å². The number of carbonyl (C=O) groups excluding carboxylic acids is 2. The summed E-state index contributed by atoms with van der Waals surface area (Å²) >= 11 is 7.51. The maximum Gasteiger partial charge on any atom is 0.253 e. The highest BCUT2D eigenvalue weighted by Crippen LogP contribution is 2.24. The van der Waals surface area contributed by atoms with E-state index in [2.05, 4.69) is 10.3 Å². The standard InChI is InChI=1S/C17H16ClN3O3S/c1-11-3-6-24-14(11)2-4-19-17(23)12-8-15(20-9-13(12)18)21-5-7-25-10-16(21)22/h3,5-9H,2,4,10H2,1H3,(H,19,23). The second kappa shape index (κ2) is 7.76. The van der Waals surface area contributed by atoms with Gasteiger partial charge in [-0.05, 0) is 30.0 Å². The molecule has 0 spiro atoms. The molecule has 0 bridgehead atoms. The Morgan fingerprint density at radius 2 is 2.36 bits per heavy atom. The number of hydrogen-bond acceptors (Lipinski definition) is 5. The summed E-state index contributed by atoms with van der Waals surface area (Å²) in [6, 6.07) is 3.40. The minimum atomic E-state index is -0.319. The molecule has 2 amide bonds. The molecular weight excluding hydrogens is 362 g/mol. The van der Waals surface area contributed by atoms with Gasteiger partial charge in [-0.3, -0.25) is 14.5 Å². The molecule has 2 aromatic rings. The number of thioether (sulfide) groups is 1. The van der Waals surface area contributed by atoms with E-state index < -0.39 is 0 Å². The largest absolute Gasteiger partial charge is 0.469 e. The fraction of sp³-hybridized carbons (Fsp3) is 0.235. The van der Waals surface area contributed by atoms with Gasteiger partial charge in [0.1, 0.15) is 11.6 Å². The van der Waals surface area contributed by atoms with E-state index in [-0.39, 0.29) is 22.4 Å². The van der Waals surface area contributed by atoms with Crippen molar-refractivity contribution >= 4 is 41.0 Å². The van der Waals surface area contributed by atoms with Gasteiger partial charge in [-0.2, -0.15) is 0 Å². The predicted octanol–water partition coefficient (Wildman–Crippen LogP) is 3.16. The average Bonchev–Trinajstić information content (AvgIpc) is 3.01. The van der Waals surface area contributed by atoms with Crippen LogP contribution in [0.4, 0.5) is 5.82 Å². The lowest BCUT2D eigenvalue weighted by Gasteiger charge is -2.20. The number of aromatic nitrogens is 1. The number of furan rings is 1. The predicted molar refractivity (Wildman–Crippen MR) is 97.8 cm³/mol. The highest BCUT2D eigenvalue weighted by molar-refractivity contribution is 8.02. The normalized spacial score (nSPS) is 14.0. The number of rotatable bonds is 5. The number of nitrogens with one attached hydrogen (secondary N) is 1. The van der Waals surface area contributed by atoms with E-state index in [1.54, 1.807) is 12.5 Å². The van der Waals surface area contributed by atoms with Crippen LogP contribution in [0.1, 0.15) is 21.7 Å². The average molecular weight is 378 g/mol. The molecule has 25 heavy (non-hydrogen) atoms. The fourth-order valence-electron chi connectivity index (χ4n) is 2.36. The third-order valence-electron chi connectivity index (χ3n) is 3.72. The number of hydrogen-bond donors (Lipinski definition) is 1. The first-order chi connectivity index (χ1) is 12.1. The van der Waals surface area contributed by atoms with E-state index >= 15 is 0 Å². The number of carbonyl (C=O) groups is 2. The Labute approximate surface area is 154 Å². The smallest absolute Gasteiger partial charge is 0.253 e. The van der Waals surface area contributed by atoms with E-state index in [1.807, 2.05) is 18.4 Å². The van der Waals surface area contributed by atoms with Gasteiger partial charge in [-0.15, -0.1) is 11.8 Å². The Morgan fingerprint density at radius 1 is 1.52 bits per heavy atom. The summed E-state index contributed by atoms with van der Waals surface area (Å²) < 4.78 is 5.34. The van der Waals surface area contributed by atoms with Gasteiger partial charge in [-0.1, -0.05) is 11.6 Å². The Balaban J connectivity index is 1.70. The fourth-order valence-corrected chi connectivity index (χ4v) is 3.13. The topological polar surface area (TPSA) is 75.4 Å². The molecule has 6 nitrogen and oxygen atoms in total. The molecule has 1 aliphatic rings. The van der Waals surface area contributed by atoms with Gasteiger partial charge in [0.25, 0.3) is 5.91 Å². The molecule has 0 aliphatic carbocycles. The van der Waals surface area contributed by atoms with Crippen LogP contribution in [0.2, 0.25) is 5.02 Å².